The molecule has 2 aliphatic rings. The van der Waals surface area contributed by atoms with E-state index in [1.165, 1.54) is 0 Å². The highest BCUT2D eigenvalue weighted by molar-refractivity contribution is 5.69. The second-order valence-corrected chi connectivity index (χ2v) is 10.1. The van der Waals surface area contributed by atoms with E-state index < -0.39 is 123 Å². The molecule has 264 valence electrons. The first-order valence-corrected chi connectivity index (χ1v) is 13.9. The summed E-state index contributed by atoms with van der Waals surface area (Å²) in [4.78, 5) is 96.0. The number of hydrogen-bond donors (Lipinski definition) is 1. The third-order valence-corrected chi connectivity index (χ3v) is 6.12. The van der Waals surface area contributed by atoms with Crippen molar-refractivity contribution in [2.24, 2.45) is 5.73 Å². The Morgan fingerprint density at radius 2 is 0.809 bits per heavy atom. The van der Waals surface area contributed by atoms with Gasteiger partial charge >= 0.3 is 47.9 Å². The van der Waals surface area contributed by atoms with Crippen LogP contribution in [0.25, 0.3) is 0 Å². The Balaban J connectivity index is 2.72. The Labute approximate surface area is 267 Å². The fraction of sp³-hybridized carbons (Fsp3) is 0.704. The second-order valence-electron chi connectivity index (χ2n) is 10.1. The molecule has 0 aromatic carbocycles. The molecule has 20 nitrogen and oxygen atoms in total. The molecule has 2 heterocycles. The average Bonchev–Trinajstić information content (AvgIpc) is 2.91. The van der Waals surface area contributed by atoms with Gasteiger partial charge in [0.2, 0.25) is 6.29 Å². The van der Waals surface area contributed by atoms with Crippen molar-refractivity contribution in [3.8, 4) is 0 Å². The van der Waals surface area contributed by atoms with E-state index in [0.717, 1.165) is 48.5 Å². The minimum Gasteiger partial charge on any atom is -0.463 e. The van der Waals surface area contributed by atoms with Gasteiger partial charge in [0.25, 0.3) is 0 Å². The van der Waals surface area contributed by atoms with Gasteiger partial charge in [-0.15, -0.1) is 0 Å². The summed E-state index contributed by atoms with van der Waals surface area (Å²) in [5.74, 6) is -6.29. The quantitative estimate of drug-likeness (QED) is 0.185. The number of hydrogen-bond acceptors (Lipinski definition) is 19. The molecule has 10 atom stereocenters. The van der Waals surface area contributed by atoms with Crippen molar-refractivity contribution in [3.05, 3.63) is 0 Å². The zero-order chi connectivity index (χ0) is 35.6. The van der Waals surface area contributed by atoms with Crippen molar-refractivity contribution >= 4 is 47.9 Å². The molecule has 0 saturated carbocycles. The molecule has 0 radical (unpaired) electrons. The topological polar surface area (TPSA) is 264 Å². The van der Waals surface area contributed by atoms with Crippen LogP contribution in [0.2, 0.25) is 0 Å². The monoisotopic (exact) mass is 679 g/mol. The summed E-state index contributed by atoms with van der Waals surface area (Å²) < 4.78 is 59.6. The summed E-state index contributed by atoms with van der Waals surface area (Å²) in [6, 6.07) is 0. The number of esters is 7. The zero-order valence-electron chi connectivity index (χ0n) is 26.5. The standard InChI is InChI=1S/C27H37NO19/c1-10(29)37-8-17-19(39-12(3)31)21(40-13(4)32)24(25(44-17)43-16(7)35)46-26-23(42-15(6)34)22(41-14(5)33)20(47-27(28)36)18(45-26)9-38-11(2)30/h17-26H,8-9H2,1-7H3,(H2,28,36)/t17-,18-,19+,20-,21-,22+,23+,24-,25+,26+/m1/s1. The molecule has 0 aliphatic carbocycles. The van der Waals surface area contributed by atoms with Crippen molar-refractivity contribution in [2.75, 3.05) is 13.2 Å². The van der Waals surface area contributed by atoms with Crippen LogP contribution in [0.3, 0.4) is 0 Å². The van der Waals surface area contributed by atoms with Gasteiger partial charge in [-0.25, -0.2) is 4.79 Å². The molecule has 2 N–H and O–H groups in total. The Bertz CT molecular complexity index is 1200. The van der Waals surface area contributed by atoms with Crippen LogP contribution in [0.15, 0.2) is 0 Å². The minimum absolute atomic E-state index is 0.573. The number of primary amides is 1. The summed E-state index contributed by atoms with van der Waals surface area (Å²) in [7, 11) is 0. The maximum Gasteiger partial charge on any atom is 0.405 e. The van der Waals surface area contributed by atoms with E-state index in [2.05, 4.69) is 0 Å². The first-order chi connectivity index (χ1) is 21.9. The van der Waals surface area contributed by atoms with Gasteiger partial charge in [0.1, 0.15) is 25.4 Å². The van der Waals surface area contributed by atoms with E-state index in [1.54, 1.807) is 0 Å². The lowest BCUT2D eigenvalue weighted by Gasteiger charge is -2.48. The SMILES string of the molecule is CC(=O)OC[C@H]1O[C@H](OC(C)=O)[C@H](O[C@@H]2O[C@H](COC(C)=O)[C@@H](OC(N)=O)[C@H](OC(C)=O)[C@@H]2OC(C)=O)[C@H](OC(C)=O)[C@H]1OC(C)=O. The molecular formula is C27H37NO19. The predicted octanol–water partition coefficient (Wildman–Crippen LogP) is -1.30. The van der Waals surface area contributed by atoms with E-state index in [4.69, 9.17) is 57.8 Å². The molecule has 0 spiro atoms. The normalized spacial score (nSPS) is 30.0. The number of rotatable bonds is 12. The van der Waals surface area contributed by atoms with E-state index in [-0.39, 0.29) is 0 Å². The lowest BCUT2D eigenvalue weighted by Crippen LogP contribution is -2.67. The molecule has 20 heteroatoms. The van der Waals surface area contributed by atoms with Crippen molar-refractivity contribution in [3.63, 3.8) is 0 Å². The maximum absolute atomic E-state index is 12.3. The average molecular weight is 680 g/mol. The molecule has 2 rings (SSSR count). The highest BCUT2D eigenvalue weighted by Crippen LogP contribution is 2.35. The van der Waals surface area contributed by atoms with E-state index >= 15 is 0 Å². The number of ether oxygens (including phenoxy) is 11. The van der Waals surface area contributed by atoms with Crippen molar-refractivity contribution in [2.45, 2.75) is 110 Å². The van der Waals surface area contributed by atoms with E-state index in [1.807, 2.05) is 0 Å². The molecule has 1 amide bonds. The van der Waals surface area contributed by atoms with Crippen molar-refractivity contribution in [1.29, 1.82) is 0 Å². The fourth-order valence-electron chi connectivity index (χ4n) is 4.67. The van der Waals surface area contributed by atoms with Gasteiger partial charge in [0.05, 0.1) is 0 Å². The molecule has 0 aromatic heterocycles. The van der Waals surface area contributed by atoms with Crippen LogP contribution >= 0.6 is 0 Å². The highest BCUT2D eigenvalue weighted by Gasteiger charge is 2.58. The lowest BCUT2D eigenvalue weighted by molar-refractivity contribution is -0.363. The highest BCUT2D eigenvalue weighted by atomic mass is 16.8. The van der Waals surface area contributed by atoms with Gasteiger partial charge in [-0.05, 0) is 0 Å². The minimum atomic E-state index is -1.90. The van der Waals surface area contributed by atoms with Crippen LogP contribution in [-0.4, -0.2) is 123 Å². The van der Waals surface area contributed by atoms with Gasteiger partial charge < -0.3 is 57.8 Å². The number of amides is 1. The summed E-state index contributed by atoms with van der Waals surface area (Å²) in [5, 5.41) is 0. The molecule has 0 unspecified atom stereocenters. The van der Waals surface area contributed by atoms with Crippen molar-refractivity contribution < 1.29 is 90.5 Å². The first kappa shape index (κ1) is 38.6. The molecule has 47 heavy (non-hydrogen) atoms. The Morgan fingerprint density at radius 1 is 0.447 bits per heavy atom. The van der Waals surface area contributed by atoms with Crippen LogP contribution < -0.4 is 5.73 Å². The number of carbonyl (C=O) groups is 8. The van der Waals surface area contributed by atoms with E-state index in [9.17, 15) is 38.4 Å². The maximum atomic E-state index is 12.3. The van der Waals surface area contributed by atoms with Gasteiger partial charge in [-0.2, -0.15) is 0 Å². The molecule has 2 aliphatic heterocycles. The zero-order valence-corrected chi connectivity index (χ0v) is 26.5. The smallest absolute Gasteiger partial charge is 0.405 e. The Kier molecular flexibility index (Phi) is 14.3. The van der Waals surface area contributed by atoms with Crippen LogP contribution in [0.4, 0.5) is 4.79 Å². The van der Waals surface area contributed by atoms with Crippen LogP contribution in [0, 0.1) is 0 Å². The summed E-state index contributed by atoms with van der Waals surface area (Å²) in [6.45, 7) is 5.88. The number of nitrogens with two attached hydrogens (primary N) is 1. The van der Waals surface area contributed by atoms with Gasteiger partial charge in [0, 0.05) is 48.5 Å². The molecule has 2 fully saturated rings. The Hall–Kier alpha value is -4.56. The Morgan fingerprint density at radius 3 is 1.21 bits per heavy atom. The lowest BCUT2D eigenvalue weighted by atomic mass is 9.96. The largest absolute Gasteiger partial charge is 0.463 e. The van der Waals surface area contributed by atoms with Gasteiger partial charge in [-0.3, -0.25) is 33.6 Å². The van der Waals surface area contributed by atoms with Crippen LogP contribution in [0.1, 0.15) is 48.5 Å². The van der Waals surface area contributed by atoms with Crippen molar-refractivity contribution in [1.82, 2.24) is 0 Å². The first-order valence-electron chi connectivity index (χ1n) is 13.9. The summed E-state index contributed by atoms with van der Waals surface area (Å²) in [6.07, 6.45) is -18.2. The third-order valence-electron chi connectivity index (χ3n) is 6.12. The fourth-order valence-corrected chi connectivity index (χ4v) is 4.67. The molecule has 2 saturated heterocycles. The second kappa shape index (κ2) is 17.4. The van der Waals surface area contributed by atoms with E-state index in [0.29, 0.717) is 0 Å². The molecule has 0 bridgehead atoms. The molecular weight excluding hydrogens is 642 g/mol. The van der Waals surface area contributed by atoms with Gasteiger partial charge in [-0.1, -0.05) is 0 Å². The third kappa shape index (κ3) is 12.0. The van der Waals surface area contributed by atoms with Crippen LogP contribution in [-0.2, 0) is 85.7 Å². The van der Waals surface area contributed by atoms with Crippen LogP contribution in [0.5, 0.6) is 0 Å². The predicted molar refractivity (Wildman–Crippen MR) is 144 cm³/mol. The van der Waals surface area contributed by atoms with Gasteiger partial charge in [0.15, 0.2) is 42.9 Å². The summed E-state index contributed by atoms with van der Waals surface area (Å²) in [5.41, 5.74) is 5.22. The summed E-state index contributed by atoms with van der Waals surface area (Å²) >= 11 is 0. The number of carbonyl (C=O) groups excluding carboxylic acids is 8. The molecule has 0 aromatic rings.